The van der Waals surface area contributed by atoms with E-state index in [0.29, 0.717) is 6.42 Å². The third-order valence-corrected chi connectivity index (χ3v) is 3.06. The predicted molar refractivity (Wildman–Crippen MR) is 59.8 cm³/mol. The van der Waals surface area contributed by atoms with Crippen LogP contribution in [0.4, 0.5) is 0 Å². The van der Waals surface area contributed by atoms with Gasteiger partial charge in [-0.2, -0.15) is 5.10 Å². The van der Waals surface area contributed by atoms with Gasteiger partial charge in [0.1, 0.15) is 0 Å². The zero-order valence-corrected chi connectivity index (χ0v) is 9.18. The first-order valence-corrected chi connectivity index (χ1v) is 5.49. The van der Waals surface area contributed by atoms with Gasteiger partial charge in [0.2, 0.25) is 0 Å². The van der Waals surface area contributed by atoms with Gasteiger partial charge in [0.15, 0.2) is 11.6 Å². The van der Waals surface area contributed by atoms with Crippen molar-refractivity contribution in [1.82, 2.24) is 14.3 Å². The fourth-order valence-corrected chi connectivity index (χ4v) is 2.27. The highest BCUT2D eigenvalue weighted by molar-refractivity contribution is 5.98. The van der Waals surface area contributed by atoms with Crippen molar-refractivity contribution < 1.29 is 4.79 Å². The molecular formula is C12H13N3O. The lowest BCUT2D eigenvalue weighted by Crippen LogP contribution is -2.12. The molecule has 2 aromatic heterocycles. The molecule has 0 spiro atoms. The minimum Gasteiger partial charge on any atom is -0.303 e. The lowest BCUT2D eigenvalue weighted by Gasteiger charge is -2.13. The summed E-state index contributed by atoms with van der Waals surface area (Å²) < 4.78 is 3.79. The number of hydrogen-bond acceptors (Lipinski definition) is 2. The topological polar surface area (TPSA) is 39.8 Å². The lowest BCUT2D eigenvalue weighted by atomic mass is 9.97. The van der Waals surface area contributed by atoms with Gasteiger partial charge in [-0.05, 0) is 18.9 Å². The van der Waals surface area contributed by atoms with Crippen molar-refractivity contribution >= 4 is 5.78 Å². The minimum atomic E-state index is 0.260. The second kappa shape index (κ2) is 3.33. The summed E-state index contributed by atoms with van der Waals surface area (Å²) in [7, 11) is 1.89. The van der Waals surface area contributed by atoms with Crippen molar-refractivity contribution in [2.24, 2.45) is 7.05 Å². The Kier molecular flexibility index (Phi) is 1.96. The minimum absolute atomic E-state index is 0.260. The highest BCUT2D eigenvalue weighted by atomic mass is 16.1. The van der Waals surface area contributed by atoms with Crippen LogP contribution in [0.2, 0.25) is 0 Å². The molecule has 0 atom stereocenters. The van der Waals surface area contributed by atoms with Crippen molar-refractivity contribution in [1.29, 1.82) is 0 Å². The monoisotopic (exact) mass is 215 g/mol. The van der Waals surface area contributed by atoms with Crippen LogP contribution in [0.1, 0.15) is 28.9 Å². The maximum Gasteiger partial charge on any atom is 0.164 e. The second-order valence-corrected chi connectivity index (χ2v) is 4.17. The molecule has 0 saturated heterocycles. The Morgan fingerprint density at radius 2 is 2.12 bits per heavy atom. The zero-order chi connectivity index (χ0) is 11.1. The predicted octanol–water partition coefficient (Wildman–Crippen LogP) is 1.73. The largest absolute Gasteiger partial charge is 0.303 e. The molecule has 0 fully saturated rings. The maximum absolute atomic E-state index is 11.7. The molecule has 0 bridgehead atoms. The molecule has 1 aliphatic rings. The van der Waals surface area contributed by atoms with E-state index in [4.69, 9.17) is 0 Å². The Morgan fingerprint density at radius 1 is 1.25 bits per heavy atom. The average molecular weight is 215 g/mol. The van der Waals surface area contributed by atoms with Crippen molar-refractivity contribution in [3.05, 3.63) is 35.8 Å². The summed E-state index contributed by atoms with van der Waals surface area (Å²) >= 11 is 0. The van der Waals surface area contributed by atoms with Gasteiger partial charge < -0.3 is 4.57 Å². The maximum atomic E-state index is 11.7. The SMILES string of the molecule is Cn1ccc(-n2ccc3c2CCCC3=O)n1. The summed E-state index contributed by atoms with van der Waals surface area (Å²) in [5.41, 5.74) is 1.98. The van der Waals surface area contributed by atoms with Crippen LogP contribution in [-0.4, -0.2) is 20.1 Å². The molecule has 0 amide bonds. The Labute approximate surface area is 93.5 Å². The van der Waals surface area contributed by atoms with E-state index in [1.807, 2.05) is 36.1 Å². The Bertz CT molecular complexity index is 550. The van der Waals surface area contributed by atoms with Gasteiger partial charge in [-0.15, -0.1) is 0 Å². The quantitative estimate of drug-likeness (QED) is 0.726. The van der Waals surface area contributed by atoms with E-state index < -0.39 is 0 Å². The van der Waals surface area contributed by atoms with Crippen LogP contribution >= 0.6 is 0 Å². The number of aryl methyl sites for hydroxylation is 1. The average Bonchev–Trinajstić information content (AvgIpc) is 2.84. The molecule has 0 saturated carbocycles. The molecule has 2 heterocycles. The number of ketones is 1. The molecule has 4 heteroatoms. The lowest BCUT2D eigenvalue weighted by molar-refractivity contribution is 0.0972. The number of carbonyl (C=O) groups is 1. The molecule has 0 N–H and O–H groups in total. The molecule has 4 nitrogen and oxygen atoms in total. The summed E-state index contributed by atoms with van der Waals surface area (Å²) in [5, 5.41) is 4.35. The van der Waals surface area contributed by atoms with Crippen molar-refractivity contribution in [3.63, 3.8) is 0 Å². The summed E-state index contributed by atoms with van der Waals surface area (Å²) in [5.74, 6) is 1.15. The van der Waals surface area contributed by atoms with Crippen molar-refractivity contribution in [2.45, 2.75) is 19.3 Å². The number of carbonyl (C=O) groups excluding carboxylic acids is 1. The smallest absolute Gasteiger partial charge is 0.164 e. The van der Waals surface area contributed by atoms with Crippen LogP contribution in [0.3, 0.4) is 0 Å². The molecule has 16 heavy (non-hydrogen) atoms. The Morgan fingerprint density at radius 3 is 2.88 bits per heavy atom. The highest BCUT2D eigenvalue weighted by Gasteiger charge is 2.21. The first-order valence-electron chi connectivity index (χ1n) is 5.49. The number of hydrogen-bond donors (Lipinski definition) is 0. The van der Waals surface area contributed by atoms with E-state index in [1.54, 1.807) is 4.68 Å². The van der Waals surface area contributed by atoms with Gasteiger partial charge in [0, 0.05) is 43.2 Å². The molecule has 0 aliphatic heterocycles. The van der Waals surface area contributed by atoms with Gasteiger partial charge >= 0.3 is 0 Å². The fraction of sp³-hybridized carbons (Fsp3) is 0.333. The molecule has 3 rings (SSSR count). The van der Waals surface area contributed by atoms with Gasteiger partial charge in [0.25, 0.3) is 0 Å². The number of nitrogens with zero attached hydrogens (tertiary/aromatic N) is 3. The van der Waals surface area contributed by atoms with Crippen LogP contribution in [0.25, 0.3) is 5.82 Å². The summed E-state index contributed by atoms with van der Waals surface area (Å²) in [6.07, 6.45) is 6.44. The van der Waals surface area contributed by atoms with E-state index >= 15 is 0 Å². The van der Waals surface area contributed by atoms with Crippen LogP contribution in [-0.2, 0) is 13.5 Å². The van der Waals surface area contributed by atoms with E-state index in [-0.39, 0.29) is 5.78 Å². The molecule has 2 aromatic rings. The molecule has 0 unspecified atom stereocenters. The highest BCUT2D eigenvalue weighted by Crippen LogP contribution is 2.24. The summed E-state index contributed by atoms with van der Waals surface area (Å²) in [4.78, 5) is 11.7. The van der Waals surface area contributed by atoms with Crippen LogP contribution in [0.15, 0.2) is 24.5 Å². The van der Waals surface area contributed by atoms with Crippen LogP contribution in [0, 0.1) is 0 Å². The number of Topliss-reactive ketones (excluding diaryl/α,β-unsaturated/α-hetero) is 1. The third kappa shape index (κ3) is 1.30. The molecule has 82 valence electrons. The first-order chi connectivity index (χ1) is 7.75. The van der Waals surface area contributed by atoms with E-state index in [1.165, 1.54) is 0 Å². The van der Waals surface area contributed by atoms with Crippen LogP contribution < -0.4 is 0 Å². The zero-order valence-electron chi connectivity index (χ0n) is 9.18. The second-order valence-electron chi connectivity index (χ2n) is 4.17. The normalized spacial score (nSPS) is 15.2. The van der Waals surface area contributed by atoms with Gasteiger partial charge in [0.05, 0.1) is 0 Å². The summed E-state index contributed by atoms with van der Waals surface area (Å²) in [6, 6.07) is 3.87. The fourth-order valence-electron chi connectivity index (χ4n) is 2.27. The van der Waals surface area contributed by atoms with Crippen molar-refractivity contribution in [3.8, 4) is 5.82 Å². The Balaban J connectivity index is 2.12. The third-order valence-electron chi connectivity index (χ3n) is 3.06. The number of rotatable bonds is 1. The molecule has 0 aromatic carbocycles. The summed E-state index contributed by atoms with van der Waals surface area (Å²) in [6.45, 7) is 0. The standard InChI is InChI=1S/C12H13N3O/c1-14-7-6-12(13-14)15-8-5-9-10(15)3-2-4-11(9)16/h5-8H,2-4H2,1H3. The van der Waals surface area contributed by atoms with E-state index in [9.17, 15) is 4.79 Å². The number of aromatic nitrogens is 3. The van der Waals surface area contributed by atoms with E-state index in [2.05, 4.69) is 5.10 Å². The number of fused-ring (bicyclic) bond motifs is 1. The first kappa shape index (κ1) is 9.39. The molecular weight excluding hydrogens is 202 g/mol. The van der Waals surface area contributed by atoms with E-state index in [0.717, 1.165) is 29.9 Å². The van der Waals surface area contributed by atoms with Gasteiger partial charge in [-0.25, -0.2) is 0 Å². The van der Waals surface area contributed by atoms with Gasteiger partial charge in [-0.3, -0.25) is 9.48 Å². The molecule has 1 aliphatic carbocycles. The van der Waals surface area contributed by atoms with Crippen LogP contribution in [0.5, 0.6) is 0 Å². The van der Waals surface area contributed by atoms with Crippen molar-refractivity contribution in [2.75, 3.05) is 0 Å². The molecule has 0 radical (unpaired) electrons. The van der Waals surface area contributed by atoms with Gasteiger partial charge in [-0.1, -0.05) is 0 Å². The Hall–Kier alpha value is -1.84.